The standard InChI is InChI=1S/C17H23N5O4S/c1-2-26-15-6-5-14(20-17(23)7-10-21-13-18-12-19-21)11-16(15)27(24,25)22-8-3-4-9-22/h5-6,11-13H,2-4,7-10H2,1H3,(H,20,23). The molecule has 27 heavy (non-hydrogen) atoms. The van der Waals surface area contributed by atoms with Crippen molar-refractivity contribution in [3.63, 3.8) is 0 Å². The third kappa shape index (κ3) is 4.64. The van der Waals surface area contributed by atoms with E-state index in [-0.39, 0.29) is 17.2 Å². The van der Waals surface area contributed by atoms with Crippen molar-refractivity contribution in [1.29, 1.82) is 0 Å². The van der Waals surface area contributed by atoms with E-state index < -0.39 is 10.0 Å². The second-order valence-corrected chi connectivity index (χ2v) is 8.07. The van der Waals surface area contributed by atoms with Gasteiger partial charge in [0.2, 0.25) is 15.9 Å². The number of benzene rings is 1. The summed E-state index contributed by atoms with van der Waals surface area (Å²) in [7, 11) is -3.66. The Balaban J connectivity index is 1.77. The van der Waals surface area contributed by atoms with E-state index in [0.29, 0.717) is 37.7 Å². The van der Waals surface area contributed by atoms with Gasteiger partial charge in [-0.2, -0.15) is 9.40 Å². The monoisotopic (exact) mass is 393 g/mol. The molecular formula is C17H23N5O4S. The molecule has 0 unspecified atom stereocenters. The molecule has 1 aliphatic rings. The number of aromatic nitrogens is 3. The predicted octanol–water partition coefficient (Wildman–Crippen LogP) is 1.49. The molecule has 1 aromatic heterocycles. The van der Waals surface area contributed by atoms with Crippen LogP contribution in [0.4, 0.5) is 5.69 Å². The van der Waals surface area contributed by atoms with E-state index in [9.17, 15) is 13.2 Å². The van der Waals surface area contributed by atoms with Crippen LogP contribution in [0, 0.1) is 0 Å². The maximum atomic E-state index is 13.0. The van der Waals surface area contributed by atoms with Crippen molar-refractivity contribution < 1.29 is 17.9 Å². The molecule has 1 saturated heterocycles. The lowest BCUT2D eigenvalue weighted by Gasteiger charge is -2.19. The van der Waals surface area contributed by atoms with Gasteiger partial charge in [0.1, 0.15) is 23.3 Å². The molecule has 146 valence electrons. The van der Waals surface area contributed by atoms with Gasteiger partial charge in [-0.1, -0.05) is 0 Å². The van der Waals surface area contributed by atoms with Gasteiger partial charge < -0.3 is 10.1 Å². The summed E-state index contributed by atoms with van der Waals surface area (Å²) < 4.78 is 34.4. The first kappa shape index (κ1) is 19.3. The lowest BCUT2D eigenvalue weighted by atomic mass is 10.3. The molecule has 0 aliphatic carbocycles. The number of rotatable bonds is 8. The summed E-state index contributed by atoms with van der Waals surface area (Å²) in [6, 6.07) is 4.69. The van der Waals surface area contributed by atoms with E-state index in [1.165, 1.54) is 23.0 Å². The third-order valence-electron chi connectivity index (χ3n) is 4.24. The summed E-state index contributed by atoms with van der Waals surface area (Å²) in [5, 5.41) is 6.68. The smallest absolute Gasteiger partial charge is 0.246 e. The fraction of sp³-hybridized carbons (Fsp3) is 0.471. The Hall–Kier alpha value is -2.46. The van der Waals surface area contributed by atoms with Gasteiger partial charge in [-0.05, 0) is 38.0 Å². The lowest BCUT2D eigenvalue weighted by molar-refractivity contribution is -0.116. The summed E-state index contributed by atoms with van der Waals surface area (Å²) in [5.74, 6) is 0.0594. The molecule has 2 heterocycles. The number of amides is 1. The SMILES string of the molecule is CCOc1ccc(NC(=O)CCn2cncn2)cc1S(=O)(=O)N1CCCC1. The van der Waals surface area contributed by atoms with Crippen LogP contribution in [0.3, 0.4) is 0 Å². The zero-order chi connectivity index (χ0) is 19.3. The van der Waals surface area contributed by atoms with E-state index in [4.69, 9.17) is 4.74 Å². The van der Waals surface area contributed by atoms with Crippen LogP contribution < -0.4 is 10.1 Å². The van der Waals surface area contributed by atoms with Crippen LogP contribution in [0.15, 0.2) is 35.7 Å². The molecule has 1 aromatic carbocycles. The number of hydrogen-bond acceptors (Lipinski definition) is 6. The van der Waals surface area contributed by atoms with E-state index >= 15 is 0 Å². The van der Waals surface area contributed by atoms with Gasteiger partial charge in [-0.3, -0.25) is 9.48 Å². The predicted molar refractivity (Wildman–Crippen MR) is 98.9 cm³/mol. The van der Waals surface area contributed by atoms with Gasteiger partial charge in [0.25, 0.3) is 0 Å². The number of hydrogen-bond donors (Lipinski definition) is 1. The highest BCUT2D eigenvalue weighted by atomic mass is 32.2. The largest absolute Gasteiger partial charge is 0.492 e. The maximum Gasteiger partial charge on any atom is 0.246 e. The number of carbonyl (C=O) groups excluding carboxylic acids is 1. The minimum Gasteiger partial charge on any atom is -0.492 e. The molecule has 0 atom stereocenters. The van der Waals surface area contributed by atoms with Crippen LogP contribution >= 0.6 is 0 Å². The Labute approximate surface area is 158 Å². The summed E-state index contributed by atoms with van der Waals surface area (Å²) in [6.07, 6.45) is 4.83. The van der Waals surface area contributed by atoms with Gasteiger partial charge in [-0.25, -0.2) is 13.4 Å². The molecule has 0 radical (unpaired) electrons. The molecule has 0 saturated carbocycles. The van der Waals surface area contributed by atoms with Crippen molar-refractivity contribution >= 4 is 21.6 Å². The first-order valence-corrected chi connectivity index (χ1v) is 10.3. The lowest BCUT2D eigenvalue weighted by Crippen LogP contribution is -2.28. The Morgan fingerprint density at radius 2 is 2.07 bits per heavy atom. The summed E-state index contributed by atoms with van der Waals surface area (Å²) in [4.78, 5) is 16.1. The molecule has 0 bridgehead atoms. The molecule has 3 rings (SSSR count). The van der Waals surface area contributed by atoms with Crippen molar-refractivity contribution in [3.05, 3.63) is 30.9 Å². The third-order valence-corrected chi connectivity index (χ3v) is 6.16. The summed E-state index contributed by atoms with van der Waals surface area (Å²) >= 11 is 0. The van der Waals surface area contributed by atoms with Crippen LogP contribution in [0.1, 0.15) is 26.2 Å². The maximum absolute atomic E-state index is 13.0. The zero-order valence-corrected chi connectivity index (χ0v) is 16.0. The van der Waals surface area contributed by atoms with Crippen LogP contribution in [-0.2, 0) is 21.4 Å². The Morgan fingerprint density at radius 3 is 2.74 bits per heavy atom. The van der Waals surface area contributed by atoms with Crippen molar-refractivity contribution in [2.75, 3.05) is 25.0 Å². The molecule has 2 aromatic rings. The first-order valence-electron chi connectivity index (χ1n) is 8.90. The Morgan fingerprint density at radius 1 is 1.30 bits per heavy atom. The van der Waals surface area contributed by atoms with E-state index in [2.05, 4.69) is 15.4 Å². The van der Waals surface area contributed by atoms with E-state index in [1.54, 1.807) is 23.7 Å². The number of carbonyl (C=O) groups is 1. The van der Waals surface area contributed by atoms with E-state index in [1.807, 2.05) is 0 Å². The number of nitrogens with one attached hydrogen (secondary N) is 1. The normalized spacial score (nSPS) is 15.0. The number of anilines is 1. The molecule has 9 nitrogen and oxygen atoms in total. The van der Waals surface area contributed by atoms with Crippen molar-refractivity contribution in [3.8, 4) is 5.75 Å². The molecule has 1 aliphatic heterocycles. The molecule has 1 fully saturated rings. The van der Waals surface area contributed by atoms with Crippen LogP contribution in [0.25, 0.3) is 0 Å². The fourth-order valence-corrected chi connectivity index (χ4v) is 4.59. The fourth-order valence-electron chi connectivity index (χ4n) is 2.92. The Kier molecular flexibility index (Phi) is 6.07. The zero-order valence-electron chi connectivity index (χ0n) is 15.2. The highest BCUT2D eigenvalue weighted by Crippen LogP contribution is 2.31. The van der Waals surface area contributed by atoms with Gasteiger partial charge in [-0.15, -0.1) is 0 Å². The number of nitrogens with zero attached hydrogens (tertiary/aromatic N) is 4. The van der Waals surface area contributed by atoms with Crippen molar-refractivity contribution in [2.24, 2.45) is 0 Å². The van der Waals surface area contributed by atoms with Crippen LogP contribution in [-0.4, -0.2) is 53.1 Å². The highest BCUT2D eigenvalue weighted by molar-refractivity contribution is 7.89. The first-order chi connectivity index (χ1) is 13.0. The number of sulfonamides is 1. The number of aryl methyl sites for hydroxylation is 1. The second kappa shape index (κ2) is 8.49. The second-order valence-electron chi connectivity index (χ2n) is 6.16. The average Bonchev–Trinajstić information content (AvgIpc) is 3.35. The molecular weight excluding hydrogens is 370 g/mol. The summed E-state index contributed by atoms with van der Waals surface area (Å²) in [6.45, 7) is 3.55. The molecule has 10 heteroatoms. The average molecular weight is 393 g/mol. The molecule has 1 N–H and O–H groups in total. The minimum absolute atomic E-state index is 0.0836. The molecule has 1 amide bonds. The van der Waals surface area contributed by atoms with Crippen LogP contribution in [0.2, 0.25) is 0 Å². The van der Waals surface area contributed by atoms with E-state index in [0.717, 1.165) is 12.8 Å². The van der Waals surface area contributed by atoms with Gasteiger partial charge in [0.05, 0.1) is 13.2 Å². The number of ether oxygens (including phenoxy) is 1. The van der Waals surface area contributed by atoms with Crippen molar-refractivity contribution in [2.45, 2.75) is 37.6 Å². The Bertz CT molecular complexity index is 877. The topological polar surface area (TPSA) is 106 Å². The molecule has 0 spiro atoms. The van der Waals surface area contributed by atoms with Crippen LogP contribution in [0.5, 0.6) is 5.75 Å². The summed E-state index contributed by atoms with van der Waals surface area (Å²) in [5.41, 5.74) is 0.416. The van der Waals surface area contributed by atoms with Gasteiger partial charge in [0, 0.05) is 25.2 Å². The van der Waals surface area contributed by atoms with Gasteiger partial charge in [0.15, 0.2) is 0 Å². The van der Waals surface area contributed by atoms with Crippen molar-refractivity contribution in [1.82, 2.24) is 19.1 Å². The highest BCUT2D eigenvalue weighted by Gasteiger charge is 2.30. The van der Waals surface area contributed by atoms with Gasteiger partial charge >= 0.3 is 0 Å². The minimum atomic E-state index is -3.66. The quantitative estimate of drug-likeness (QED) is 0.728.